The van der Waals surface area contributed by atoms with E-state index in [0.717, 1.165) is 40.7 Å². The van der Waals surface area contributed by atoms with Gasteiger partial charge in [-0.25, -0.2) is 9.59 Å². The molecule has 7 rings (SSSR count). The van der Waals surface area contributed by atoms with Crippen LogP contribution in [-0.2, 0) is 0 Å². The van der Waals surface area contributed by atoms with Crippen LogP contribution in [0.5, 0.6) is 0 Å². The molecule has 8 heteroatoms. The quantitative estimate of drug-likeness (QED) is 0.109. The first-order valence-corrected chi connectivity index (χ1v) is 19.5. The van der Waals surface area contributed by atoms with E-state index in [9.17, 15) is 14.4 Å². The summed E-state index contributed by atoms with van der Waals surface area (Å²) in [6.45, 7) is 0. The molecule has 0 atom stereocenters. The predicted octanol–water partition coefficient (Wildman–Crippen LogP) is 11.0. The summed E-state index contributed by atoms with van der Waals surface area (Å²) in [5.41, 5.74) is 6.68. The molecule has 8 nitrogen and oxygen atoms in total. The fraction of sp³-hybridized carbons (Fsp3) is 0.118. The highest BCUT2D eigenvalue weighted by atomic mass is 16.2. The minimum Gasteiger partial charge on any atom is -0.322 e. The molecular weight excluding hydrogens is 731 g/mol. The second-order valence-electron chi connectivity index (χ2n) is 13.9. The number of carbonyl (C=O) groups is 3. The maximum Gasteiger partial charge on any atom is 0.323 e. The molecule has 5 amide bonds. The molecule has 0 radical (unpaired) electrons. The van der Waals surface area contributed by atoms with Crippen molar-refractivity contribution in [3.8, 4) is 35.5 Å². The molecule has 1 aliphatic rings. The predicted molar refractivity (Wildman–Crippen MR) is 237 cm³/mol. The number of urea groups is 2. The maximum absolute atomic E-state index is 13.5. The fourth-order valence-corrected chi connectivity index (χ4v) is 6.35. The van der Waals surface area contributed by atoms with Gasteiger partial charge in [0.25, 0.3) is 5.91 Å². The van der Waals surface area contributed by atoms with Crippen LogP contribution in [0.1, 0.15) is 70.3 Å². The zero-order valence-electron chi connectivity index (χ0n) is 32.3. The number of rotatable bonds is 6. The first kappa shape index (κ1) is 39.3. The molecule has 0 bridgehead atoms. The molecular formula is C51H41N5O3. The Morgan fingerprint density at radius 3 is 1.32 bits per heavy atom. The highest BCUT2D eigenvalue weighted by Gasteiger charge is 2.15. The van der Waals surface area contributed by atoms with Crippen molar-refractivity contribution in [2.45, 2.75) is 32.1 Å². The van der Waals surface area contributed by atoms with E-state index in [0.29, 0.717) is 23.0 Å². The van der Waals surface area contributed by atoms with Gasteiger partial charge in [0.1, 0.15) is 0 Å². The lowest BCUT2D eigenvalue weighted by atomic mass is 9.90. The van der Waals surface area contributed by atoms with E-state index in [2.05, 4.69) is 62.1 Å². The lowest BCUT2D eigenvalue weighted by Gasteiger charge is -2.16. The largest absolute Gasteiger partial charge is 0.323 e. The summed E-state index contributed by atoms with van der Waals surface area (Å²) in [6, 6.07) is 44.6. The summed E-state index contributed by atoms with van der Waals surface area (Å²) >= 11 is 0. The van der Waals surface area contributed by atoms with Crippen LogP contribution in [0.25, 0.3) is 0 Å². The fourth-order valence-electron chi connectivity index (χ4n) is 6.35. The molecule has 1 fully saturated rings. The van der Waals surface area contributed by atoms with Crippen molar-refractivity contribution in [3.63, 3.8) is 0 Å². The summed E-state index contributed by atoms with van der Waals surface area (Å²) < 4.78 is 0. The number of nitrogens with one attached hydrogen (secondary N) is 5. The van der Waals surface area contributed by atoms with Crippen molar-refractivity contribution >= 4 is 46.4 Å². The van der Waals surface area contributed by atoms with Gasteiger partial charge in [-0.1, -0.05) is 91.2 Å². The number of hydrogen-bond acceptors (Lipinski definition) is 3. The normalized spacial score (nSPS) is 11.8. The van der Waals surface area contributed by atoms with Crippen LogP contribution in [0.15, 0.2) is 152 Å². The Bertz CT molecular complexity index is 2600. The van der Waals surface area contributed by atoms with Gasteiger partial charge in [0, 0.05) is 56.4 Å². The number of hydrogen-bond donors (Lipinski definition) is 5. The van der Waals surface area contributed by atoms with Crippen molar-refractivity contribution < 1.29 is 14.4 Å². The Kier molecular flexibility index (Phi) is 13.1. The third-order valence-electron chi connectivity index (χ3n) is 9.48. The molecule has 6 aromatic carbocycles. The summed E-state index contributed by atoms with van der Waals surface area (Å²) in [6.07, 6.45) is 6.05. The van der Waals surface area contributed by atoms with Crippen molar-refractivity contribution in [1.82, 2.24) is 0 Å². The molecule has 5 N–H and O–H groups in total. The second kappa shape index (κ2) is 19.7. The van der Waals surface area contributed by atoms with Crippen molar-refractivity contribution in [1.29, 1.82) is 0 Å². The van der Waals surface area contributed by atoms with E-state index < -0.39 is 18.0 Å². The van der Waals surface area contributed by atoms with Crippen molar-refractivity contribution in [3.05, 3.63) is 185 Å². The van der Waals surface area contributed by atoms with E-state index in [1.165, 1.54) is 25.3 Å². The van der Waals surface area contributed by atoms with E-state index in [-0.39, 0.29) is 16.9 Å². The molecule has 59 heavy (non-hydrogen) atoms. The number of anilines is 5. The van der Waals surface area contributed by atoms with Gasteiger partial charge in [-0.15, -0.1) is 0 Å². The minimum absolute atomic E-state index is 0.204. The second-order valence-corrected chi connectivity index (χ2v) is 13.9. The lowest BCUT2D eigenvalue weighted by Crippen LogP contribution is -2.24. The number of benzene rings is 6. The van der Waals surface area contributed by atoms with Crippen LogP contribution in [0.3, 0.4) is 0 Å². The highest BCUT2D eigenvalue weighted by molar-refractivity contribution is 6.09. The van der Waals surface area contributed by atoms with Gasteiger partial charge in [0.2, 0.25) is 0 Å². The lowest BCUT2D eigenvalue weighted by molar-refractivity contribution is 0.102. The van der Waals surface area contributed by atoms with Crippen LogP contribution in [0, 0.1) is 41.4 Å². The number of carbonyl (C=O) groups excluding carboxylic acids is 3. The third kappa shape index (κ3) is 12.0. The van der Waals surface area contributed by atoms with E-state index in [1.54, 1.807) is 36.4 Å². The summed E-state index contributed by atoms with van der Waals surface area (Å²) in [4.78, 5) is 40.0. The van der Waals surface area contributed by atoms with Crippen LogP contribution in [0.4, 0.5) is 38.0 Å². The zero-order chi connectivity index (χ0) is 40.7. The molecule has 6 aromatic rings. The number of amides is 5. The van der Waals surface area contributed by atoms with Gasteiger partial charge in [-0.3, -0.25) is 4.79 Å². The van der Waals surface area contributed by atoms with Gasteiger partial charge in [0.15, 0.2) is 0 Å². The van der Waals surface area contributed by atoms with E-state index in [1.807, 2.05) is 109 Å². The van der Waals surface area contributed by atoms with Crippen LogP contribution < -0.4 is 26.6 Å². The standard InChI is InChI=1S/C51H41N5O3/c57-49(52-44-29-22-40(23-30-44)19-16-37-10-4-1-5-11-37)43-28-35-47(55-50(58)53-45-31-24-41(25-32-45)20-17-38-12-6-2-7-13-38)48(36-43)56-51(59)54-46-33-26-42(27-34-46)21-18-39-14-8-3-9-15-39/h2-3,6-9,12-15,22-37H,1,4-5,10-11H2,(H,52,57)(H2,53,55,58)(H2,54,56,59). The molecule has 0 aliphatic heterocycles. The molecule has 1 saturated carbocycles. The Labute approximate surface area is 344 Å². The molecule has 0 spiro atoms. The monoisotopic (exact) mass is 771 g/mol. The van der Waals surface area contributed by atoms with Gasteiger partial charge in [-0.05, 0) is 128 Å². The Morgan fingerprint density at radius 2 is 0.831 bits per heavy atom. The Hall–Kier alpha value is -7.99. The molecule has 0 aromatic heterocycles. The first-order chi connectivity index (χ1) is 28.9. The van der Waals surface area contributed by atoms with Gasteiger partial charge in [-0.2, -0.15) is 0 Å². The molecule has 0 saturated heterocycles. The molecule has 288 valence electrons. The summed E-state index contributed by atoms with van der Waals surface area (Å²) in [5.74, 6) is 19.2. The molecule has 0 unspecified atom stereocenters. The topological polar surface area (TPSA) is 111 Å². The van der Waals surface area contributed by atoms with Gasteiger partial charge >= 0.3 is 12.1 Å². The summed E-state index contributed by atoms with van der Waals surface area (Å²) in [7, 11) is 0. The average molecular weight is 772 g/mol. The van der Waals surface area contributed by atoms with E-state index in [4.69, 9.17) is 0 Å². The first-order valence-electron chi connectivity index (χ1n) is 19.5. The van der Waals surface area contributed by atoms with Crippen LogP contribution in [-0.4, -0.2) is 18.0 Å². The van der Waals surface area contributed by atoms with E-state index >= 15 is 0 Å². The molecule has 0 heterocycles. The smallest absolute Gasteiger partial charge is 0.322 e. The highest BCUT2D eigenvalue weighted by Crippen LogP contribution is 2.26. The third-order valence-corrected chi connectivity index (χ3v) is 9.48. The average Bonchev–Trinajstić information content (AvgIpc) is 3.27. The maximum atomic E-state index is 13.5. The van der Waals surface area contributed by atoms with Crippen molar-refractivity contribution in [2.24, 2.45) is 5.92 Å². The Morgan fingerprint density at radius 1 is 0.407 bits per heavy atom. The van der Waals surface area contributed by atoms with Gasteiger partial charge < -0.3 is 26.6 Å². The molecule has 1 aliphatic carbocycles. The zero-order valence-corrected chi connectivity index (χ0v) is 32.3. The summed E-state index contributed by atoms with van der Waals surface area (Å²) in [5, 5.41) is 14.1. The van der Waals surface area contributed by atoms with Crippen LogP contribution in [0.2, 0.25) is 0 Å². The minimum atomic E-state index is -0.578. The van der Waals surface area contributed by atoms with Crippen molar-refractivity contribution in [2.75, 3.05) is 26.6 Å². The Balaban J connectivity index is 1.03. The SMILES string of the molecule is O=C(Nc1ccc(C#Cc2ccccc2)cc1)Nc1ccc(C(=O)Nc2ccc(C#CC3CCCCC3)cc2)cc1NC(=O)Nc1ccc(C#Cc2ccccc2)cc1. The van der Waals surface area contributed by atoms with Gasteiger partial charge in [0.05, 0.1) is 11.4 Å². The van der Waals surface area contributed by atoms with Crippen LogP contribution >= 0.6 is 0 Å².